The summed E-state index contributed by atoms with van der Waals surface area (Å²) >= 11 is 0. The van der Waals surface area contributed by atoms with E-state index in [0.29, 0.717) is 0 Å². The lowest BCUT2D eigenvalue weighted by atomic mass is 10.3. The third kappa shape index (κ3) is 5.39. The van der Waals surface area contributed by atoms with Crippen LogP contribution in [0.3, 0.4) is 0 Å². The number of amides is 4. The average molecular weight is 225 g/mol. The number of nitriles is 1. The Morgan fingerprint density at radius 1 is 1.38 bits per heavy atom. The van der Waals surface area contributed by atoms with E-state index < -0.39 is 17.8 Å². The summed E-state index contributed by atoms with van der Waals surface area (Å²) in [6.07, 6.45) is 0.941. The molecule has 0 unspecified atom stereocenters. The Morgan fingerprint density at radius 2 is 2.00 bits per heavy atom. The van der Waals surface area contributed by atoms with E-state index in [2.05, 4.69) is 0 Å². The Morgan fingerprint density at radius 3 is 2.44 bits per heavy atom. The van der Waals surface area contributed by atoms with Crippen LogP contribution in [-0.4, -0.2) is 24.5 Å². The second-order valence-corrected chi connectivity index (χ2v) is 2.56. The molecule has 0 aromatic rings. The third-order valence-corrected chi connectivity index (χ3v) is 1.25. The summed E-state index contributed by atoms with van der Waals surface area (Å²) < 4.78 is 4.73. The first-order chi connectivity index (χ1) is 7.51. The molecule has 0 atom stereocenters. The first-order valence-electron chi connectivity index (χ1n) is 4.36. The van der Waals surface area contributed by atoms with Gasteiger partial charge >= 0.3 is 6.03 Å². The number of carbonyl (C=O) groups excluding carboxylic acids is 3. The molecule has 0 spiro atoms. The van der Waals surface area contributed by atoms with Gasteiger partial charge in [-0.15, -0.1) is 0 Å². The molecule has 0 bridgehead atoms. The van der Waals surface area contributed by atoms with Crippen molar-refractivity contribution in [3.05, 3.63) is 11.8 Å². The molecular weight excluding hydrogens is 214 g/mol. The van der Waals surface area contributed by atoms with Crippen molar-refractivity contribution in [1.29, 1.82) is 5.26 Å². The van der Waals surface area contributed by atoms with E-state index >= 15 is 0 Å². The summed E-state index contributed by atoms with van der Waals surface area (Å²) in [5.74, 6) is -1.55. The van der Waals surface area contributed by atoms with Gasteiger partial charge in [0.05, 0.1) is 6.61 Å². The second kappa shape index (κ2) is 7.00. The van der Waals surface area contributed by atoms with Crippen LogP contribution in [0.2, 0.25) is 0 Å². The maximum absolute atomic E-state index is 11.2. The molecular formula is C9H11N3O4. The van der Waals surface area contributed by atoms with Crippen LogP contribution in [-0.2, 0) is 14.3 Å². The molecule has 4 amide bonds. The predicted molar refractivity (Wildman–Crippen MR) is 52.7 cm³/mol. The van der Waals surface area contributed by atoms with Gasteiger partial charge < -0.3 is 4.74 Å². The SMILES string of the molecule is CCOC=C(C#N)C(=O)NC(=O)NC(C)=O. The molecule has 0 saturated heterocycles. The zero-order valence-electron chi connectivity index (χ0n) is 8.86. The van der Waals surface area contributed by atoms with Gasteiger partial charge in [-0.05, 0) is 6.92 Å². The highest BCUT2D eigenvalue weighted by Crippen LogP contribution is 1.93. The number of nitrogens with zero attached hydrogens (tertiary/aromatic N) is 1. The first-order valence-corrected chi connectivity index (χ1v) is 4.36. The number of carbonyl (C=O) groups is 3. The van der Waals surface area contributed by atoms with Crippen LogP contribution in [0.4, 0.5) is 4.79 Å². The van der Waals surface area contributed by atoms with E-state index in [0.717, 1.165) is 13.2 Å². The van der Waals surface area contributed by atoms with Gasteiger partial charge in [-0.1, -0.05) is 0 Å². The molecule has 0 radical (unpaired) electrons. The summed E-state index contributed by atoms with van der Waals surface area (Å²) in [7, 11) is 0. The average Bonchev–Trinajstić information content (AvgIpc) is 2.17. The number of urea groups is 1. The van der Waals surface area contributed by atoms with Crippen molar-refractivity contribution >= 4 is 17.8 Å². The molecule has 7 heteroatoms. The lowest BCUT2D eigenvalue weighted by Crippen LogP contribution is -2.42. The van der Waals surface area contributed by atoms with Gasteiger partial charge in [0.25, 0.3) is 5.91 Å². The van der Waals surface area contributed by atoms with Crippen molar-refractivity contribution in [2.24, 2.45) is 0 Å². The number of ether oxygens (including phenoxy) is 1. The highest BCUT2D eigenvalue weighted by atomic mass is 16.5. The van der Waals surface area contributed by atoms with Gasteiger partial charge in [-0.2, -0.15) is 5.26 Å². The molecule has 2 N–H and O–H groups in total. The van der Waals surface area contributed by atoms with Crippen LogP contribution in [0.5, 0.6) is 0 Å². The number of hydrogen-bond donors (Lipinski definition) is 2. The van der Waals surface area contributed by atoms with Crippen molar-refractivity contribution in [2.45, 2.75) is 13.8 Å². The number of nitrogens with one attached hydrogen (secondary N) is 2. The lowest BCUT2D eigenvalue weighted by Gasteiger charge is -2.02. The Kier molecular flexibility index (Phi) is 5.97. The normalized spacial score (nSPS) is 9.94. The van der Waals surface area contributed by atoms with Gasteiger partial charge in [0, 0.05) is 6.92 Å². The van der Waals surface area contributed by atoms with Crippen molar-refractivity contribution < 1.29 is 19.1 Å². The molecule has 86 valence electrons. The molecule has 0 aliphatic heterocycles. The van der Waals surface area contributed by atoms with Gasteiger partial charge in [0.2, 0.25) is 5.91 Å². The minimum Gasteiger partial charge on any atom is -0.500 e. The number of imide groups is 2. The zero-order valence-corrected chi connectivity index (χ0v) is 8.86. The Labute approximate surface area is 92.1 Å². The molecule has 16 heavy (non-hydrogen) atoms. The summed E-state index contributed by atoms with van der Waals surface area (Å²) in [5, 5.41) is 12.2. The minimum atomic E-state index is -0.991. The molecule has 0 aromatic carbocycles. The summed E-state index contributed by atoms with van der Waals surface area (Å²) in [5.41, 5.74) is -0.361. The van der Waals surface area contributed by atoms with Gasteiger partial charge in [0.15, 0.2) is 5.57 Å². The highest BCUT2D eigenvalue weighted by molar-refractivity contribution is 6.08. The Hall–Kier alpha value is -2.36. The van der Waals surface area contributed by atoms with Crippen LogP contribution >= 0.6 is 0 Å². The van der Waals surface area contributed by atoms with Gasteiger partial charge in [-0.25, -0.2) is 4.79 Å². The quantitative estimate of drug-likeness (QED) is 0.393. The van der Waals surface area contributed by atoms with Crippen LogP contribution in [0.25, 0.3) is 0 Å². The lowest BCUT2D eigenvalue weighted by molar-refractivity contribution is -0.118. The van der Waals surface area contributed by atoms with Gasteiger partial charge in [-0.3, -0.25) is 20.2 Å². The molecule has 0 rings (SSSR count). The molecule has 7 nitrogen and oxygen atoms in total. The maximum Gasteiger partial charge on any atom is 0.328 e. The third-order valence-electron chi connectivity index (χ3n) is 1.25. The standard InChI is InChI=1S/C9H11N3O4/c1-3-16-5-7(4-10)8(14)12-9(15)11-6(2)13/h5H,3H2,1-2H3,(H2,11,12,13,14,15). The van der Waals surface area contributed by atoms with Crippen LogP contribution in [0.15, 0.2) is 11.8 Å². The fourth-order valence-corrected chi connectivity index (χ4v) is 0.659. The monoisotopic (exact) mass is 225 g/mol. The maximum atomic E-state index is 11.2. The van der Waals surface area contributed by atoms with E-state index in [1.165, 1.54) is 0 Å². The fraction of sp³-hybridized carbons (Fsp3) is 0.333. The summed E-state index contributed by atoms with van der Waals surface area (Å²) in [6, 6.07) is 0.564. The second-order valence-electron chi connectivity index (χ2n) is 2.56. The van der Waals surface area contributed by atoms with E-state index in [1.54, 1.807) is 18.3 Å². The minimum absolute atomic E-state index is 0.290. The highest BCUT2D eigenvalue weighted by Gasteiger charge is 2.13. The Bertz CT molecular complexity index is 367. The molecule has 0 aromatic heterocycles. The van der Waals surface area contributed by atoms with Crippen molar-refractivity contribution in [3.8, 4) is 6.07 Å². The predicted octanol–water partition coefficient (Wildman–Crippen LogP) is -0.197. The summed E-state index contributed by atoms with van der Waals surface area (Å²) in [4.78, 5) is 32.6. The van der Waals surface area contributed by atoms with Crippen LogP contribution in [0.1, 0.15) is 13.8 Å². The molecule has 0 heterocycles. The molecule has 0 fully saturated rings. The van der Waals surface area contributed by atoms with Crippen LogP contribution < -0.4 is 10.6 Å². The molecule has 0 aliphatic rings. The van der Waals surface area contributed by atoms with Gasteiger partial charge in [0.1, 0.15) is 12.3 Å². The Balaban J connectivity index is 4.39. The smallest absolute Gasteiger partial charge is 0.328 e. The van der Waals surface area contributed by atoms with E-state index in [4.69, 9.17) is 10.00 Å². The molecule has 0 saturated carbocycles. The van der Waals surface area contributed by atoms with E-state index in [-0.39, 0.29) is 12.2 Å². The molecule has 0 aliphatic carbocycles. The van der Waals surface area contributed by atoms with E-state index in [1.807, 2.05) is 5.32 Å². The van der Waals surface area contributed by atoms with E-state index in [9.17, 15) is 14.4 Å². The van der Waals surface area contributed by atoms with Crippen molar-refractivity contribution in [2.75, 3.05) is 6.61 Å². The topological polar surface area (TPSA) is 108 Å². The number of rotatable bonds is 3. The van der Waals surface area contributed by atoms with Crippen molar-refractivity contribution in [3.63, 3.8) is 0 Å². The number of hydrogen-bond acceptors (Lipinski definition) is 5. The fourth-order valence-electron chi connectivity index (χ4n) is 0.659. The van der Waals surface area contributed by atoms with Crippen LogP contribution in [0, 0.1) is 11.3 Å². The first kappa shape index (κ1) is 13.6. The summed E-state index contributed by atoms with van der Waals surface area (Å²) in [6.45, 7) is 3.08. The zero-order chi connectivity index (χ0) is 12.6. The van der Waals surface area contributed by atoms with Crippen molar-refractivity contribution in [1.82, 2.24) is 10.6 Å². The largest absolute Gasteiger partial charge is 0.500 e.